The van der Waals surface area contributed by atoms with E-state index >= 15 is 0 Å². The zero-order valence-corrected chi connectivity index (χ0v) is 9.96. The molecule has 2 N–H and O–H groups in total. The summed E-state index contributed by atoms with van der Waals surface area (Å²) in [5.74, 6) is 1.75. The molecule has 0 radical (unpaired) electrons. The molecule has 0 aliphatic rings. The predicted molar refractivity (Wildman–Crippen MR) is 63.2 cm³/mol. The van der Waals surface area contributed by atoms with Gasteiger partial charge in [0.15, 0.2) is 5.82 Å². The van der Waals surface area contributed by atoms with E-state index < -0.39 is 0 Å². The van der Waals surface area contributed by atoms with Crippen molar-refractivity contribution in [3.05, 3.63) is 41.0 Å². The Kier molecular flexibility index (Phi) is 3.82. The first-order valence-electron chi connectivity index (χ1n) is 4.68. The van der Waals surface area contributed by atoms with Crippen LogP contribution in [0.15, 0.2) is 33.7 Å². The van der Waals surface area contributed by atoms with Gasteiger partial charge in [-0.15, -0.1) is 11.8 Å². The van der Waals surface area contributed by atoms with Crippen LogP contribution in [0.25, 0.3) is 0 Å². The first-order valence-corrected chi connectivity index (χ1v) is 6.04. The van der Waals surface area contributed by atoms with Gasteiger partial charge in [-0.25, -0.2) is 0 Å². The molecule has 4 nitrogen and oxygen atoms in total. The Labute approximate surface area is 102 Å². The molecule has 1 aromatic heterocycles. The zero-order chi connectivity index (χ0) is 11.4. The van der Waals surface area contributed by atoms with E-state index in [-0.39, 0.29) is 6.54 Å². The highest BCUT2D eigenvalue weighted by Crippen LogP contribution is 2.24. The van der Waals surface area contributed by atoms with Gasteiger partial charge >= 0.3 is 0 Å². The van der Waals surface area contributed by atoms with E-state index in [9.17, 15) is 0 Å². The molecule has 2 aromatic rings. The maximum absolute atomic E-state index is 5.87. The second-order valence-electron chi connectivity index (χ2n) is 3.05. The van der Waals surface area contributed by atoms with E-state index in [1.54, 1.807) is 11.8 Å². The summed E-state index contributed by atoms with van der Waals surface area (Å²) in [6, 6.07) is 7.63. The summed E-state index contributed by atoms with van der Waals surface area (Å²) in [5.41, 5.74) is 5.37. The van der Waals surface area contributed by atoms with Crippen LogP contribution in [0.3, 0.4) is 0 Å². The molecule has 1 heterocycles. The summed E-state index contributed by atoms with van der Waals surface area (Å²) in [6.45, 7) is 0.273. The summed E-state index contributed by atoms with van der Waals surface area (Å²) in [7, 11) is 0. The Bertz CT molecular complexity index is 475. The van der Waals surface area contributed by atoms with Crippen molar-refractivity contribution >= 4 is 23.4 Å². The first kappa shape index (κ1) is 11.4. The molecular formula is C10H10ClN3OS. The number of thioether (sulfide) groups is 1. The molecule has 0 saturated carbocycles. The number of nitrogens with two attached hydrogens (primary N) is 1. The summed E-state index contributed by atoms with van der Waals surface area (Å²) >= 11 is 7.47. The van der Waals surface area contributed by atoms with Gasteiger partial charge in [-0.1, -0.05) is 22.8 Å². The molecule has 0 saturated heterocycles. The van der Waals surface area contributed by atoms with E-state index in [4.69, 9.17) is 21.9 Å². The number of rotatable bonds is 4. The molecule has 0 aliphatic heterocycles. The minimum absolute atomic E-state index is 0.273. The summed E-state index contributed by atoms with van der Waals surface area (Å²) < 4.78 is 4.90. The average molecular weight is 256 g/mol. The molecule has 0 unspecified atom stereocenters. The van der Waals surface area contributed by atoms with Crippen LogP contribution < -0.4 is 5.73 Å². The van der Waals surface area contributed by atoms with Crippen molar-refractivity contribution in [1.82, 2.24) is 10.1 Å². The van der Waals surface area contributed by atoms with Crippen LogP contribution in [-0.2, 0) is 12.3 Å². The van der Waals surface area contributed by atoms with Crippen LogP contribution in [0.4, 0.5) is 0 Å². The minimum Gasteiger partial charge on any atom is -0.338 e. The van der Waals surface area contributed by atoms with Crippen LogP contribution in [0.2, 0.25) is 5.02 Å². The van der Waals surface area contributed by atoms with Crippen molar-refractivity contribution in [3.8, 4) is 0 Å². The lowest BCUT2D eigenvalue weighted by atomic mass is 10.4. The highest BCUT2D eigenvalue weighted by Gasteiger charge is 2.05. The summed E-state index contributed by atoms with van der Waals surface area (Å²) in [4.78, 5) is 5.19. The molecule has 6 heteroatoms. The number of aromatic nitrogens is 2. The largest absolute Gasteiger partial charge is 0.338 e. The molecule has 0 amide bonds. The van der Waals surface area contributed by atoms with E-state index in [2.05, 4.69) is 10.1 Å². The van der Waals surface area contributed by atoms with Crippen LogP contribution >= 0.6 is 23.4 Å². The highest BCUT2D eigenvalue weighted by molar-refractivity contribution is 7.98. The molecule has 84 valence electrons. The van der Waals surface area contributed by atoms with Gasteiger partial charge in [-0.2, -0.15) is 4.98 Å². The lowest BCUT2D eigenvalue weighted by Crippen LogP contribution is -1.96. The SMILES string of the molecule is NCc1nc(CSc2cccc(Cl)c2)no1. The van der Waals surface area contributed by atoms with E-state index in [1.807, 2.05) is 24.3 Å². The average Bonchev–Trinajstić information content (AvgIpc) is 2.74. The number of hydrogen-bond donors (Lipinski definition) is 1. The Morgan fingerprint density at radius 2 is 2.31 bits per heavy atom. The van der Waals surface area contributed by atoms with Crippen molar-refractivity contribution in [2.24, 2.45) is 5.73 Å². The third-order valence-electron chi connectivity index (χ3n) is 1.85. The van der Waals surface area contributed by atoms with Gasteiger partial charge in [0.25, 0.3) is 0 Å². The molecule has 0 bridgehead atoms. The monoisotopic (exact) mass is 255 g/mol. The molecule has 0 atom stereocenters. The number of halogens is 1. The number of hydrogen-bond acceptors (Lipinski definition) is 5. The van der Waals surface area contributed by atoms with Crippen LogP contribution in [0.1, 0.15) is 11.7 Å². The summed E-state index contributed by atoms with van der Waals surface area (Å²) in [6.07, 6.45) is 0. The van der Waals surface area contributed by atoms with Gasteiger partial charge in [-0.05, 0) is 18.2 Å². The van der Waals surface area contributed by atoms with E-state index in [1.165, 1.54) is 0 Å². The molecule has 1 aromatic carbocycles. The van der Waals surface area contributed by atoms with Crippen molar-refractivity contribution < 1.29 is 4.52 Å². The second kappa shape index (κ2) is 5.34. The Morgan fingerprint density at radius 3 is 3.00 bits per heavy atom. The fraction of sp³-hybridized carbons (Fsp3) is 0.200. The standard InChI is InChI=1S/C10H10ClN3OS/c11-7-2-1-3-8(4-7)16-6-9-13-10(5-12)15-14-9/h1-4H,5-6,12H2. The lowest BCUT2D eigenvalue weighted by Gasteiger charge is -1.98. The quantitative estimate of drug-likeness (QED) is 0.851. The number of nitrogens with zero attached hydrogens (tertiary/aromatic N) is 2. The molecule has 0 aliphatic carbocycles. The Balaban J connectivity index is 1.96. The van der Waals surface area contributed by atoms with Crippen LogP contribution in [0.5, 0.6) is 0 Å². The van der Waals surface area contributed by atoms with Gasteiger partial charge in [0.2, 0.25) is 5.89 Å². The van der Waals surface area contributed by atoms with Crippen molar-refractivity contribution in [2.45, 2.75) is 17.2 Å². The fourth-order valence-corrected chi connectivity index (χ4v) is 2.19. The van der Waals surface area contributed by atoms with Gasteiger partial charge < -0.3 is 10.3 Å². The van der Waals surface area contributed by atoms with Gasteiger partial charge in [0.1, 0.15) is 0 Å². The molecule has 2 rings (SSSR count). The first-order chi connectivity index (χ1) is 7.78. The zero-order valence-electron chi connectivity index (χ0n) is 8.39. The topological polar surface area (TPSA) is 64.9 Å². The Hall–Kier alpha value is -1.04. The van der Waals surface area contributed by atoms with Crippen LogP contribution in [-0.4, -0.2) is 10.1 Å². The van der Waals surface area contributed by atoms with Crippen LogP contribution in [0, 0.1) is 0 Å². The Morgan fingerprint density at radius 1 is 1.44 bits per heavy atom. The van der Waals surface area contributed by atoms with Crippen molar-refractivity contribution in [2.75, 3.05) is 0 Å². The maximum Gasteiger partial charge on any atom is 0.240 e. The number of benzene rings is 1. The van der Waals surface area contributed by atoms with E-state index in [0.29, 0.717) is 17.5 Å². The normalized spacial score (nSPS) is 10.6. The third-order valence-corrected chi connectivity index (χ3v) is 3.07. The maximum atomic E-state index is 5.87. The third kappa shape index (κ3) is 2.98. The van der Waals surface area contributed by atoms with Gasteiger partial charge in [0, 0.05) is 9.92 Å². The lowest BCUT2D eigenvalue weighted by molar-refractivity contribution is 0.376. The van der Waals surface area contributed by atoms with Crippen molar-refractivity contribution in [1.29, 1.82) is 0 Å². The highest BCUT2D eigenvalue weighted by atomic mass is 35.5. The fourth-order valence-electron chi connectivity index (χ4n) is 1.14. The van der Waals surface area contributed by atoms with E-state index in [0.717, 1.165) is 9.92 Å². The summed E-state index contributed by atoms with van der Waals surface area (Å²) in [5, 5.41) is 4.53. The molecular weight excluding hydrogens is 246 g/mol. The molecule has 0 fully saturated rings. The van der Waals surface area contributed by atoms with Crippen molar-refractivity contribution in [3.63, 3.8) is 0 Å². The molecule has 16 heavy (non-hydrogen) atoms. The van der Waals surface area contributed by atoms with Gasteiger partial charge in [0.05, 0.1) is 12.3 Å². The molecule has 0 spiro atoms. The second-order valence-corrected chi connectivity index (χ2v) is 4.54. The minimum atomic E-state index is 0.273. The predicted octanol–water partition coefficient (Wildman–Crippen LogP) is 2.47. The van der Waals surface area contributed by atoms with Gasteiger partial charge in [-0.3, -0.25) is 0 Å². The smallest absolute Gasteiger partial charge is 0.240 e.